The number of nitrogens with zero attached hydrogens (tertiary/aromatic N) is 4. The molecule has 36 heavy (non-hydrogen) atoms. The minimum atomic E-state index is -1.01. The Labute approximate surface area is 212 Å². The van der Waals surface area contributed by atoms with Crippen molar-refractivity contribution >= 4 is 35.0 Å². The molecule has 3 N–H and O–H groups in total. The third-order valence-corrected chi connectivity index (χ3v) is 8.20. The van der Waals surface area contributed by atoms with Gasteiger partial charge in [-0.05, 0) is 57.4 Å². The van der Waals surface area contributed by atoms with Gasteiger partial charge in [-0.2, -0.15) is 4.98 Å². The highest BCUT2D eigenvalue weighted by Gasteiger charge is 2.56. The van der Waals surface area contributed by atoms with Gasteiger partial charge in [0.1, 0.15) is 11.2 Å². The zero-order valence-corrected chi connectivity index (χ0v) is 21.1. The topological polar surface area (TPSA) is 102 Å². The van der Waals surface area contributed by atoms with Crippen LogP contribution in [-0.2, 0) is 16.0 Å². The van der Waals surface area contributed by atoms with Crippen LogP contribution in [0.15, 0.2) is 30.5 Å². The van der Waals surface area contributed by atoms with Crippen LogP contribution in [0.25, 0.3) is 0 Å². The van der Waals surface area contributed by atoms with Gasteiger partial charge in [-0.1, -0.05) is 12.8 Å². The number of aromatic nitrogens is 2. The van der Waals surface area contributed by atoms with E-state index in [2.05, 4.69) is 51.8 Å². The van der Waals surface area contributed by atoms with Gasteiger partial charge in [0.25, 0.3) is 0 Å². The molecule has 0 radical (unpaired) electrons. The highest BCUT2D eigenvalue weighted by molar-refractivity contribution is 6.14. The lowest BCUT2D eigenvalue weighted by atomic mass is 9.76. The summed E-state index contributed by atoms with van der Waals surface area (Å²) in [5.41, 5.74) is 1.96. The minimum absolute atomic E-state index is 0.0904. The molecule has 1 saturated carbocycles. The van der Waals surface area contributed by atoms with E-state index in [9.17, 15) is 9.59 Å². The maximum atomic E-state index is 13.8. The molecule has 4 heterocycles. The summed E-state index contributed by atoms with van der Waals surface area (Å²) in [7, 11) is 0. The predicted octanol–water partition coefficient (Wildman–Crippen LogP) is 2.74. The SMILES string of the molecule is CC1CN(c2ccc(Nc3ncc4c(n3)N(C3CCCC3)C(=O)[C@]3(CCNC3=O)C4)cc2)CC(C)N1. The molecule has 2 aromatic rings. The Morgan fingerprint density at radius 3 is 2.44 bits per heavy atom. The van der Waals surface area contributed by atoms with E-state index < -0.39 is 5.41 Å². The minimum Gasteiger partial charge on any atom is -0.368 e. The summed E-state index contributed by atoms with van der Waals surface area (Å²) in [5.74, 6) is 0.880. The number of piperazine rings is 1. The van der Waals surface area contributed by atoms with Gasteiger partial charge in [0, 0.05) is 67.3 Å². The first-order chi connectivity index (χ1) is 17.4. The number of benzene rings is 1. The number of hydrogen-bond acceptors (Lipinski definition) is 7. The van der Waals surface area contributed by atoms with Gasteiger partial charge in [-0.15, -0.1) is 0 Å². The first-order valence-electron chi connectivity index (χ1n) is 13.3. The third-order valence-electron chi connectivity index (χ3n) is 8.20. The smallest absolute Gasteiger partial charge is 0.244 e. The summed E-state index contributed by atoms with van der Waals surface area (Å²) < 4.78 is 0. The fourth-order valence-electron chi connectivity index (χ4n) is 6.49. The summed E-state index contributed by atoms with van der Waals surface area (Å²) in [5, 5.41) is 9.78. The molecule has 2 unspecified atom stereocenters. The molecule has 4 aliphatic rings. The van der Waals surface area contributed by atoms with Crippen molar-refractivity contribution in [2.24, 2.45) is 5.41 Å². The molecule has 3 aliphatic heterocycles. The fourth-order valence-corrected chi connectivity index (χ4v) is 6.49. The molecule has 3 atom stereocenters. The Morgan fingerprint density at radius 2 is 1.78 bits per heavy atom. The molecule has 6 rings (SSSR count). The van der Waals surface area contributed by atoms with Crippen molar-refractivity contribution in [1.82, 2.24) is 20.6 Å². The van der Waals surface area contributed by atoms with E-state index in [1.807, 2.05) is 17.0 Å². The van der Waals surface area contributed by atoms with Crippen molar-refractivity contribution in [1.29, 1.82) is 0 Å². The second-order valence-electron chi connectivity index (χ2n) is 11.0. The van der Waals surface area contributed by atoms with Gasteiger partial charge in [-0.3, -0.25) is 14.5 Å². The van der Waals surface area contributed by atoms with Crippen molar-refractivity contribution in [3.63, 3.8) is 0 Å². The number of hydrogen-bond donors (Lipinski definition) is 3. The lowest BCUT2D eigenvalue weighted by molar-refractivity contribution is -0.140. The highest BCUT2D eigenvalue weighted by atomic mass is 16.2. The lowest BCUT2D eigenvalue weighted by Gasteiger charge is -2.40. The summed E-state index contributed by atoms with van der Waals surface area (Å²) in [6, 6.07) is 9.35. The van der Waals surface area contributed by atoms with Crippen LogP contribution >= 0.6 is 0 Å². The number of carbonyl (C=O) groups excluding carboxylic acids is 2. The first kappa shape index (κ1) is 23.2. The van der Waals surface area contributed by atoms with Crippen molar-refractivity contribution in [3.8, 4) is 0 Å². The van der Waals surface area contributed by atoms with Crippen LogP contribution in [0.4, 0.5) is 23.1 Å². The van der Waals surface area contributed by atoms with E-state index in [4.69, 9.17) is 4.98 Å². The van der Waals surface area contributed by atoms with Gasteiger partial charge in [0.05, 0.1) is 0 Å². The second kappa shape index (κ2) is 9.03. The van der Waals surface area contributed by atoms with Gasteiger partial charge in [0.15, 0.2) is 0 Å². The Morgan fingerprint density at radius 1 is 1.06 bits per heavy atom. The van der Waals surface area contributed by atoms with Crippen LogP contribution in [-0.4, -0.2) is 59.5 Å². The van der Waals surface area contributed by atoms with Crippen LogP contribution in [0.2, 0.25) is 0 Å². The summed E-state index contributed by atoms with van der Waals surface area (Å²) >= 11 is 0. The largest absolute Gasteiger partial charge is 0.368 e. The predicted molar refractivity (Wildman–Crippen MR) is 140 cm³/mol. The molecule has 3 fully saturated rings. The maximum absolute atomic E-state index is 13.8. The zero-order valence-electron chi connectivity index (χ0n) is 21.1. The van der Waals surface area contributed by atoms with Crippen LogP contribution < -0.4 is 25.8 Å². The van der Waals surface area contributed by atoms with E-state index in [0.29, 0.717) is 43.2 Å². The molecule has 1 spiro atoms. The lowest BCUT2D eigenvalue weighted by Crippen LogP contribution is -2.56. The Kier molecular flexibility index (Phi) is 5.82. The first-order valence-corrected chi connectivity index (χ1v) is 13.3. The second-order valence-corrected chi connectivity index (χ2v) is 11.0. The van der Waals surface area contributed by atoms with E-state index in [1.54, 1.807) is 6.20 Å². The summed E-state index contributed by atoms with van der Waals surface area (Å²) in [4.78, 5) is 40.2. The Balaban J connectivity index is 1.26. The molecule has 1 aliphatic carbocycles. The number of carbonyl (C=O) groups is 2. The van der Waals surface area contributed by atoms with Crippen molar-refractivity contribution < 1.29 is 9.59 Å². The molecular weight excluding hydrogens is 454 g/mol. The van der Waals surface area contributed by atoms with Crippen LogP contribution in [0.3, 0.4) is 0 Å². The Hall–Kier alpha value is -3.20. The molecule has 9 heteroatoms. The number of rotatable bonds is 4. The van der Waals surface area contributed by atoms with Crippen molar-refractivity contribution in [2.75, 3.05) is 34.8 Å². The number of nitrogens with one attached hydrogen (secondary N) is 3. The average molecular weight is 490 g/mol. The monoisotopic (exact) mass is 489 g/mol. The average Bonchev–Trinajstić information content (AvgIpc) is 3.51. The molecule has 1 aromatic heterocycles. The zero-order chi connectivity index (χ0) is 24.9. The van der Waals surface area contributed by atoms with E-state index >= 15 is 0 Å². The third kappa shape index (κ3) is 3.99. The molecule has 1 aromatic carbocycles. The summed E-state index contributed by atoms with van der Waals surface area (Å²) in [6.45, 7) is 6.94. The van der Waals surface area contributed by atoms with Gasteiger partial charge >= 0.3 is 0 Å². The van der Waals surface area contributed by atoms with E-state index in [-0.39, 0.29) is 17.9 Å². The normalized spacial score (nSPS) is 28.5. The molecule has 190 valence electrons. The van der Waals surface area contributed by atoms with E-state index in [1.165, 1.54) is 5.69 Å². The highest BCUT2D eigenvalue weighted by Crippen LogP contribution is 2.44. The maximum Gasteiger partial charge on any atom is 0.244 e. The van der Waals surface area contributed by atoms with Crippen LogP contribution in [0.1, 0.15) is 51.5 Å². The Bertz CT molecular complexity index is 1150. The van der Waals surface area contributed by atoms with Crippen LogP contribution in [0.5, 0.6) is 0 Å². The van der Waals surface area contributed by atoms with Crippen molar-refractivity contribution in [2.45, 2.75) is 70.5 Å². The molecule has 2 amide bonds. The van der Waals surface area contributed by atoms with Crippen molar-refractivity contribution in [3.05, 3.63) is 36.0 Å². The standard InChI is InChI=1S/C27H35N7O2/c1-17-15-33(16-18(2)30-17)21-9-7-20(8-10-21)31-26-29-14-19-13-27(11-12-28-24(27)35)25(36)34(23(19)32-26)22-5-3-4-6-22/h7-10,14,17-18,22,30H,3-6,11-13,15-16H2,1-2H3,(H,28,35)(H,29,31,32)/t17?,18?,27-/m1/s1. The summed E-state index contributed by atoms with van der Waals surface area (Å²) in [6.07, 6.45) is 6.77. The van der Waals surface area contributed by atoms with E-state index in [0.717, 1.165) is 50.0 Å². The number of anilines is 4. The van der Waals surface area contributed by atoms with Crippen LogP contribution in [0, 0.1) is 5.41 Å². The number of amides is 2. The molecule has 9 nitrogen and oxygen atoms in total. The van der Waals surface area contributed by atoms with Gasteiger partial charge in [-0.25, -0.2) is 4.98 Å². The van der Waals surface area contributed by atoms with Gasteiger partial charge in [0.2, 0.25) is 17.8 Å². The molecular formula is C27H35N7O2. The fraction of sp³-hybridized carbons (Fsp3) is 0.556. The molecule has 0 bridgehead atoms. The number of fused-ring (bicyclic) bond motifs is 1. The molecule has 2 saturated heterocycles. The quantitative estimate of drug-likeness (QED) is 0.568. The van der Waals surface area contributed by atoms with Gasteiger partial charge < -0.3 is 20.9 Å².